The highest BCUT2D eigenvalue weighted by Gasteiger charge is 2.50. The van der Waals surface area contributed by atoms with Crippen molar-refractivity contribution in [2.75, 3.05) is 27.4 Å². The van der Waals surface area contributed by atoms with Crippen LogP contribution < -0.4 is 25.3 Å². The minimum Gasteiger partial charge on any atom is -0.493 e. The number of primary amides is 1. The summed E-state index contributed by atoms with van der Waals surface area (Å²) in [7, 11) is 2.95. The molecule has 0 spiro atoms. The number of methoxy groups -OCH3 is 2. The maximum Gasteiger partial charge on any atom is 0.255 e. The second-order valence-corrected chi connectivity index (χ2v) is 9.07. The van der Waals surface area contributed by atoms with Gasteiger partial charge in [-0.2, -0.15) is 0 Å². The first-order valence-electron chi connectivity index (χ1n) is 10.4. The van der Waals surface area contributed by atoms with Crippen molar-refractivity contribution in [3.05, 3.63) is 17.7 Å². The third kappa shape index (κ3) is 4.00. The quantitative estimate of drug-likeness (QED) is 0.696. The van der Waals surface area contributed by atoms with Gasteiger partial charge in [-0.1, -0.05) is 0 Å². The molecule has 29 heavy (non-hydrogen) atoms. The Balaban J connectivity index is 1.47. The molecule has 1 aromatic carbocycles. The zero-order valence-corrected chi connectivity index (χ0v) is 17.2. The average molecular weight is 402 g/mol. The number of rotatable bonds is 8. The maximum absolute atomic E-state index is 12.9. The molecule has 0 heterocycles. The van der Waals surface area contributed by atoms with E-state index in [-0.39, 0.29) is 23.7 Å². The molecule has 7 nitrogen and oxygen atoms in total. The van der Waals surface area contributed by atoms with E-state index in [4.69, 9.17) is 19.9 Å². The van der Waals surface area contributed by atoms with Crippen molar-refractivity contribution >= 4 is 11.8 Å². The van der Waals surface area contributed by atoms with Crippen LogP contribution in [0.1, 0.15) is 48.9 Å². The number of carbonyl (C=O) groups excluding carboxylic acids is 2. The molecule has 4 aliphatic carbocycles. The molecule has 4 aliphatic rings. The van der Waals surface area contributed by atoms with E-state index in [0.717, 1.165) is 24.3 Å². The molecule has 0 radical (unpaired) electrons. The van der Waals surface area contributed by atoms with E-state index in [0.29, 0.717) is 17.1 Å². The smallest absolute Gasteiger partial charge is 0.255 e. The van der Waals surface area contributed by atoms with Gasteiger partial charge >= 0.3 is 0 Å². The van der Waals surface area contributed by atoms with E-state index in [1.165, 1.54) is 52.7 Å². The molecule has 4 fully saturated rings. The molecular formula is C22H30N2O5. The summed E-state index contributed by atoms with van der Waals surface area (Å²) in [5.41, 5.74) is 5.86. The second kappa shape index (κ2) is 7.76. The van der Waals surface area contributed by atoms with Crippen molar-refractivity contribution in [3.63, 3.8) is 0 Å². The van der Waals surface area contributed by atoms with Gasteiger partial charge in [0, 0.05) is 12.1 Å². The first-order valence-corrected chi connectivity index (χ1v) is 10.4. The van der Waals surface area contributed by atoms with Crippen molar-refractivity contribution < 1.29 is 23.8 Å². The Morgan fingerprint density at radius 3 is 2.00 bits per heavy atom. The Kier molecular flexibility index (Phi) is 5.32. The normalized spacial score (nSPS) is 29.4. The van der Waals surface area contributed by atoms with Gasteiger partial charge in [0.1, 0.15) is 0 Å². The van der Waals surface area contributed by atoms with Crippen LogP contribution >= 0.6 is 0 Å². The van der Waals surface area contributed by atoms with Gasteiger partial charge in [0.05, 0.1) is 14.2 Å². The van der Waals surface area contributed by atoms with Gasteiger partial charge in [0.25, 0.3) is 11.8 Å². The van der Waals surface area contributed by atoms with E-state index in [1.807, 2.05) is 0 Å². The number of amides is 2. The van der Waals surface area contributed by atoms with Gasteiger partial charge in [-0.05, 0) is 73.8 Å². The summed E-state index contributed by atoms with van der Waals surface area (Å²) in [6.07, 6.45) is 7.88. The first kappa shape index (κ1) is 19.9. The van der Waals surface area contributed by atoms with Gasteiger partial charge in [0.2, 0.25) is 5.75 Å². The summed E-state index contributed by atoms with van der Waals surface area (Å²) < 4.78 is 16.1. The van der Waals surface area contributed by atoms with Crippen LogP contribution in [0.2, 0.25) is 0 Å². The Bertz CT molecular complexity index is 746. The maximum atomic E-state index is 12.9. The summed E-state index contributed by atoms with van der Waals surface area (Å²) in [6.45, 7) is 0.421. The SMILES string of the molecule is COc1cc(C(=O)NCC23CC4CC(CC(C4)C2)C3)cc(OC)c1OCC(N)=O. The van der Waals surface area contributed by atoms with Crippen molar-refractivity contribution in [1.82, 2.24) is 5.32 Å². The van der Waals surface area contributed by atoms with Gasteiger partial charge in [-0.25, -0.2) is 0 Å². The van der Waals surface area contributed by atoms with Crippen LogP contribution in [0.3, 0.4) is 0 Å². The number of carbonyl (C=O) groups is 2. The van der Waals surface area contributed by atoms with Crippen molar-refractivity contribution in [2.24, 2.45) is 28.9 Å². The van der Waals surface area contributed by atoms with Crippen LogP contribution in [-0.2, 0) is 4.79 Å². The summed E-state index contributed by atoms with van der Waals surface area (Å²) in [5.74, 6) is 2.69. The number of nitrogens with one attached hydrogen (secondary N) is 1. The number of nitrogens with two attached hydrogens (primary N) is 1. The van der Waals surface area contributed by atoms with Crippen molar-refractivity contribution in [1.29, 1.82) is 0 Å². The molecule has 158 valence electrons. The predicted molar refractivity (Wildman–Crippen MR) is 107 cm³/mol. The number of ether oxygens (including phenoxy) is 3. The fourth-order valence-corrected chi connectivity index (χ4v) is 6.17. The molecule has 0 unspecified atom stereocenters. The zero-order chi connectivity index (χ0) is 20.6. The third-order valence-corrected chi connectivity index (χ3v) is 6.87. The highest BCUT2D eigenvalue weighted by atomic mass is 16.5. The van der Waals surface area contributed by atoms with E-state index < -0.39 is 5.91 Å². The average Bonchev–Trinajstić information content (AvgIpc) is 2.68. The molecule has 0 atom stereocenters. The Morgan fingerprint density at radius 1 is 1.03 bits per heavy atom. The topological polar surface area (TPSA) is 99.9 Å². The molecule has 7 heteroatoms. The Morgan fingerprint density at radius 2 is 1.55 bits per heavy atom. The van der Waals surface area contributed by atoms with Gasteiger partial charge < -0.3 is 25.3 Å². The fourth-order valence-electron chi connectivity index (χ4n) is 6.17. The summed E-state index contributed by atoms with van der Waals surface area (Å²) >= 11 is 0. The van der Waals surface area contributed by atoms with Gasteiger partial charge in [0.15, 0.2) is 18.1 Å². The molecule has 3 N–H and O–H groups in total. The summed E-state index contributed by atoms with van der Waals surface area (Å²) in [5, 5.41) is 3.16. The minimum atomic E-state index is -0.605. The molecule has 5 rings (SSSR count). The monoisotopic (exact) mass is 402 g/mol. The van der Waals surface area contributed by atoms with E-state index in [9.17, 15) is 9.59 Å². The molecule has 0 saturated heterocycles. The first-order chi connectivity index (χ1) is 13.9. The number of hydrogen-bond acceptors (Lipinski definition) is 5. The van der Waals surface area contributed by atoms with Crippen LogP contribution in [0.25, 0.3) is 0 Å². The molecule has 4 bridgehead atoms. The van der Waals surface area contributed by atoms with Crippen LogP contribution in [-0.4, -0.2) is 39.2 Å². The van der Waals surface area contributed by atoms with E-state index in [2.05, 4.69) is 5.32 Å². The van der Waals surface area contributed by atoms with Crippen LogP contribution in [0, 0.1) is 23.2 Å². The largest absolute Gasteiger partial charge is 0.493 e. The lowest BCUT2D eigenvalue weighted by molar-refractivity contribution is -0.120. The lowest BCUT2D eigenvalue weighted by Gasteiger charge is -2.56. The summed E-state index contributed by atoms with van der Waals surface area (Å²) in [6, 6.07) is 3.21. The molecule has 2 amide bonds. The third-order valence-electron chi connectivity index (χ3n) is 6.87. The number of benzene rings is 1. The van der Waals surface area contributed by atoms with Gasteiger partial charge in [-0.15, -0.1) is 0 Å². The zero-order valence-electron chi connectivity index (χ0n) is 17.2. The van der Waals surface area contributed by atoms with E-state index in [1.54, 1.807) is 12.1 Å². The molecular weight excluding hydrogens is 372 g/mol. The minimum absolute atomic E-state index is 0.154. The summed E-state index contributed by atoms with van der Waals surface area (Å²) in [4.78, 5) is 24.0. The van der Waals surface area contributed by atoms with Crippen molar-refractivity contribution in [3.8, 4) is 17.2 Å². The molecule has 1 aromatic rings. The van der Waals surface area contributed by atoms with Crippen LogP contribution in [0.5, 0.6) is 17.2 Å². The van der Waals surface area contributed by atoms with E-state index >= 15 is 0 Å². The van der Waals surface area contributed by atoms with Crippen LogP contribution in [0.4, 0.5) is 0 Å². The number of hydrogen-bond donors (Lipinski definition) is 2. The fraction of sp³-hybridized carbons (Fsp3) is 0.636. The van der Waals surface area contributed by atoms with Gasteiger partial charge in [-0.3, -0.25) is 9.59 Å². The second-order valence-electron chi connectivity index (χ2n) is 9.07. The molecule has 0 aliphatic heterocycles. The highest BCUT2D eigenvalue weighted by molar-refractivity contribution is 5.95. The lowest BCUT2D eigenvalue weighted by atomic mass is 9.49. The molecule has 4 saturated carbocycles. The Hall–Kier alpha value is -2.44. The highest BCUT2D eigenvalue weighted by Crippen LogP contribution is 2.59. The predicted octanol–water partition coefficient (Wildman–Crippen LogP) is 2.51. The van der Waals surface area contributed by atoms with Crippen LogP contribution in [0.15, 0.2) is 12.1 Å². The lowest BCUT2D eigenvalue weighted by Crippen LogP contribution is -2.51. The standard InChI is InChI=1S/C22H30N2O5/c1-27-17-6-16(7-18(28-2)20(17)29-11-19(23)25)21(26)24-12-22-8-13-3-14(9-22)5-15(4-13)10-22/h6-7,13-15H,3-5,8-12H2,1-2H3,(H2,23,25)(H,24,26). The van der Waals surface area contributed by atoms with Crippen molar-refractivity contribution in [2.45, 2.75) is 38.5 Å². The Labute approximate surface area is 171 Å². The molecule has 0 aromatic heterocycles.